The predicted octanol–water partition coefficient (Wildman–Crippen LogP) is 0.556. The number of aromatic hydroxyl groups is 1. The molecule has 2 atom stereocenters. The highest BCUT2D eigenvalue weighted by atomic mass is 16.5. The number of benzene rings is 1. The van der Waals surface area contributed by atoms with Gasteiger partial charge in [-0.1, -0.05) is 6.07 Å². The minimum absolute atomic E-state index is 0.0402. The standard InChI is InChI=1S/C13H20N2O3/c1-9-5-15(7-11(8-16)18-9)6-10-2-3-13(17)12(14)4-10/h2-4,9,11,16-17H,5-8,14H2,1H3. The second-order valence-corrected chi connectivity index (χ2v) is 4.84. The van der Waals surface area contributed by atoms with Gasteiger partial charge in [0.2, 0.25) is 0 Å². The van der Waals surface area contributed by atoms with E-state index >= 15 is 0 Å². The summed E-state index contributed by atoms with van der Waals surface area (Å²) in [6, 6.07) is 5.25. The topological polar surface area (TPSA) is 79.0 Å². The van der Waals surface area contributed by atoms with Crippen LogP contribution in [0.15, 0.2) is 18.2 Å². The van der Waals surface area contributed by atoms with Gasteiger partial charge in [-0.15, -0.1) is 0 Å². The quantitative estimate of drug-likeness (QED) is 0.541. The second-order valence-electron chi connectivity index (χ2n) is 4.84. The van der Waals surface area contributed by atoms with Crippen molar-refractivity contribution in [2.24, 2.45) is 0 Å². The molecule has 4 N–H and O–H groups in total. The Balaban J connectivity index is 2.01. The first-order chi connectivity index (χ1) is 8.58. The molecule has 1 aromatic rings. The van der Waals surface area contributed by atoms with Gasteiger partial charge in [0, 0.05) is 19.6 Å². The second kappa shape index (κ2) is 5.56. The highest BCUT2D eigenvalue weighted by molar-refractivity contribution is 5.53. The molecule has 0 bridgehead atoms. The molecule has 2 unspecified atom stereocenters. The summed E-state index contributed by atoms with van der Waals surface area (Å²) < 4.78 is 5.59. The third-order valence-corrected chi connectivity index (χ3v) is 3.10. The molecule has 1 saturated heterocycles. The van der Waals surface area contributed by atoms with Crippen molar-refractivity contribution >= 4 is 5.69 Å². The third-order valence-electron chi connectivity index (χ3n) is 3.10. The summed E-state index contributed by atoms with van der Waals surface area (Å²) in [4.78, 5) is 2.22. The lowest BCUT2D eigenvalue weighted by atomic mass is 10.1. The summed E-state index contributed by atoms with van der Waals surface area (Å²) >= 11 is 0. The first-order valence-electron chi connectivity index (χ1n) is 6.14. The van der Waals surface area contributed by atoms with Crippen LogP contribution in [0.1, 0.15) is 12.5 Å². The maximum absolute atomic E-state index is 9.38. The summed E-state index contributed by atoms with van der Waals surface area (Å²) in [5, 5.41) is 18.5. The van der Waals surface area contributed by atoms with Crippen molar-refractivity contribution in [3.63, 3.8) is 0 Å². The van der Waals surface area contributed by atoms with Gasteiger partial charge in [0.25, 0.3) is 0 Å². The molecule has 1 fully saturated rings. The van der Waals surface area contributed by atoms with Gasteiger partial charge in [0.1, 0.15) is 5.75 Å². The van der Waals surface area contributed by atoms with E-state index in [1.807, 2.05) is 13.0 Å². The van der Waals surface area contributed by atoms with Crippen LogP contribution in [0.3, 0.4) is 0 Å². The number of ether oxygens (including phenoxy) is 1. The molecule has 0 radical (unpaired) electrons. The van der Waals surface area contributed by atoms with E-state index in [4.69, 9.17) is 15.6 Å². The van der Waals surface area contributed by atoms with E-state index < -0.39 is 0 Å². The van der Waals surface area contributed by atoms with Crippen LogP contribution in [0.25, 0.3) is 0 Å². The van der Waals surface area contributed by atoms with Crippen LogP contribution >= 0.6 is 0 Å². The van der Waals surface area contributed by atoms with Crippen molar-refractivity contribution in [3.8, 4) is 5.75 Å². The van der Waals surface area contributed by atoms with Crippen LogP contribution in [0.2, 0.25) is 0 Å². The zero-order valence-corrected chi connectivity index (χ0v) is 10.5. The van der Waals surface area contributed by atoms with Gasteiger partial charge < -0.3 is 20.7 Å². The van der Waals surface area contributed by atoms with E-state index in [1.54, 1.807) is 12.1 Å². The van der Waals surface area contributed by atoms with Crippen molar-refractivity contribution in [3.05, 3.63) is 23.8 Å². The summed E-state index contributed by atoms with van der Waals surface area (Å²) in [6.45, 7) is 4.33. The Morgan fingerprint density at radius 2 is 2.22 bits per heavy atom. The minimum Gasteiger partial charge on any atom is -0.506 e. The lowest BCUT2D eigenvalue weighted by molar-refractivity contribution is -0.0972. The first kappa shape index (κ1) is 13.1. The number of nitrogens with zero attached hydrogens (tertiary/aromatic N) is 1. The molecule has 1 aliphatic heterocycles. The number of phenols is 1. The Morgan fingerprint density at radius 1 is 1.44 bits per heavy atom. The van der Waals surface area contributed by atoms with Gasteiger partial charge >= 0.3 is 0 Å². The third kappa shape index (κ3) is 3.13. The highest BCUT2D eigenvalue weighted by Gasteiger charge is 2.24. The van der Waals surface area contributed by atoms with Gasteiger partial charge in [-0.05, 0) is 24.6 Å². The van der Waals surface area contributed by atoms with Gasteiger partial charge in [-0.3, -0.25) is 4.90 Å². The smallest absolute Gasteiger partial charge is 0.138 e. The largest absolute Gasteiger partial charge is 0.506 e. The van der Waals surface area contributed by atoms with Gasteiger partial charge in [-0.2, -0.15) is 0 Å². The van der Waals surface area contributed by atoms with Gasteiger partial charge in [-0.25, -0.2) is 0 Å². The number of nitrogen functional groups attached to an aromatic ring is 1. The van der Waals surface area contributed by atoms with E-state index in [0.29, 0.717) is 12.2 Å². The first-order valence-corrected chi connectivity index (χ1v) is 6.14. The molecule has 0 amide bonds. The molecule has 0 aliphatic carbocycles. The van der Waals surface area contributed by atoms with Crippen molar-refractivity contribution < 1.29 is 14.9 Å². The number of hydrogen-bond acceptors (Lipinski definition) is 5. The molecule has 5 nitrogen and oxygen atoms in total. The number of anilines is 1. The van der Waals surface area contributed by atoms with Gasteiger partial charge in [0.05, 0.1) is 24.5 Å². The lowest BCUT2D eigenvalue weighted by Crippen LogP contribution is -2.47. The predicted molar refractivity (Wildman–Crippen MR) is 69.2 cm³/mol. The van der Waals surface area contributed by atoms with Crippen LogP contribution in [0, 0.1) is 0 Å². The summed E-state index contributed by atoms with van der Waals surface area (Å²) in [6.07, 6.45) is -0.00595. The van der Waals surface area contributed by atoms with Crippen molar-refractivity contribution in [1.82, 2.24) is 4.90 Å². The molecular weight excluding hydrogens is 232 g/mol. The molecule has 1 aromatic carbocycles. The highest BCUT2D eigenvalue weighted by Crippen LogP contribution is 2.22. The molecule has 0 saturated carbocycles. The van der Waals surface area contributed by atoms with Crippen molar-refractivity contribution in [1.29, 1.82) is 0 Å². The molecule has 1 heterocycles. The van der Waals surface area contributed by atoms with Crippen molar-refractivity contribution in [2.75, 3.05) is 25.4 Å². The Labute approximate surface area is 107 Å². The monoisotopic (exact) mass is 252 g/mol. The van der Waals surface area contributed by atoms with Gasteiger partial charge in [0.15, 0.2) is 0 Å². The lowest BCUT2D eigenvalue weighted by Gasteiger charge is -2.36. The fraction of sp³-hybridized carbons (Fsp3) is 0.538. The number of rotatable bonds is 3. The van der Waals surface area contributed by atoms with Crippen LogP contribution < -0.4 is 5.73 Å². The summed E-state index contributed by atoms with van der Waals surface area (Å²) in [5.41, 5.74) is 7.12. The molecule has 2 rings (SSSR count). The van der Waals surface area contributed by atoms with E-state index in [9.17, 15) is 5.11 Å². The number of nitrogens with two attached hydrogens (primary N) is 1. The number of hydrogen-bond donors (Lipinski definition) is 3. The van der Waals surface area contributed by atoms with Crippen molar-refractivity contribution in [2.45, 2.75) is 25.7 Å². The molecule has 0 spiro atoms. The Morgan fingerprint density at radius 3 is 2.89 bits per heavy atom. The molecule has 100 valence electrons. The van der Waals surface area contributed by atoms with E-state index in [0.717, 1.165) is 18.7 Å². The average Bonchev–Trinajstić information content (AvgIpc) is 2.33. The maximum Gasteiger partial charge on any atom is 0.138 e. The molecule has 0 aromatic heterocycles. The average molecular weight is 252 g/mol. The van der Waals surface area contributed by atoms with Crippen LogP contribution in [-0.2, 0) is 11.3 Å². The molecule has 1 aliphatic rings. The zero-order valence-electron chi connectivity index (χ0n) is 10.5. The number of morpholine rings is 1. The molecule has 5 heteroatoms. The minimum atomic E-state index is -0.122. The SMILES string of the molecule is CC1CN(Cc2ccc(O)c(N)c2)CC(CO)O1. The Bertz CT molecular complexity index is 411. The van der Waals surface area contributed by atoms with E-state index in [1.165, 1.54) is 0 Å². The summed E-state index contributed by atoms with van der Waals surface area (Å²) in [7, 11) is 0. The fourth-order valence-corrected chi connectivity index (χ4v) is 2.33. The van der Waals surface area contributed by atoms with Crippen LogP contribution in [0.5, 0.6) is 5.75 Å². The van der Waals surface area contributed by atoms with E-state index in [-0.39, 0.29) is 24.6 Å². The molecular formula is C13H20N2O3. The normalized spacial score (nSPS) is 25.2. The Kier molecular flexibility index (Phi) is 4.06. The fourth-order valence-electron chi connectivity index (χ4n) is 2.33. The number of aliphatic hydroxyl groups is 1. The Hall–Kier alpha value is -1.30. The maximum atomic E-state index is 9.38. The number of phenolic OH excluding ortho intramolecular Hbond substituents is 1. The van der Waals surface area contributed by atoms with Crippen LogP contribution in [0.4, 0.5) is 5.69 Å². The molecule has 18 heavy (non-hydrogen) atoms. The zero-order chi connectivity index (χ0) is 13.1. The number of aliphatic hydroxyl groups excluding tert-OH is 1. The van der Waals surface area contributed by atoms with Crippen LogP contribution in [-0.4, -0.2) is 47.0 Å². The summed E-state index contributed by atoms with van der Waals surface area (Å²) in [5.74, 6) is 0.113. The van der Waals surface area contributed by atoms with E-state index in [2.05, 4.69) is 4.90 Å².